The standard InChI is InChI=1S/C12H10O.C2H4O/c13-12-8-6-11(7-9-12)10-4-2-1-3-5-10;1-2-3-1/h1-9,13H;1-2H2. The van der Waals surface area contributed by atoms with Gasteiger partial charge in [0.2, 0.25) is 0 Å². The van der Waals surface area contributed by atoms with Crippen molar-refractivity contribution in [1.29, 1.82) is 0 Å². The van der Waals surface area contributed by atoms with Crippen LogP contribution in [0.3, 0.4) is 0 Å². The van der Waals surface area contributed by atoms with Crippen LogP contribution in [0.5, 0.6) is 5.75 Å². The van der Waals surface area contributed by atoms with E-state index >= 15 is 0 Å². The zero-order chi connectivity index (χ0) is 11.2. The van der Waals surface area contributed by atoms with Gasteiger partial charge < -0.3 is 9.84 Å². The van der Waals surface area contributed by atoms with E-state index in [0.717, 1.165) is 18.8 Å². The Kier molecular flexibility index (Phi) is 3.57. The van der Waals surface area contributed by atoms with Crippen molar-refractivity contribution < 1.29 is 9.84 Å². The maximum absolute atomic E-state index is 9.10. The molecule has 2 aromatic carbocycles. The van der Waals surface area contributed by atoms with E-state index in [4.69, 9.17) is 5.11 Å². The Hall–Kier alpha value is -1.80. The molecular weight excluding hydrogens is 200 g/mol. The molecule has 0 saturated carbocycles. The lowest BCUT2D eigenvalue weighted by Crippen LogP contribution is -1.74. The van der Waals surface area contributed by atoms with Gasteiger partial charge in [0, 0.05) is 0 Å². The summed E-state index contributed by atoms with van der Waals surface area (Å²) < 4.78 is 4.50. The first-order valence-corrected chi connectivity index (χ1v) is 5.28. The van der Waals surface area contributed by atoms with Crippen molar-refractivity contribution in [2.75, 3.05) is 13.2 Å². The SMILES string of the molecule is C1CO1.Oc1ccc(-c2ccccc2)cc1. The van der Waals surface area contributed by atoms with E-state index < -0.39 is 0 Å². The van der Waals surface area contributed by atoms with Crippen LogP contribution < -0.4 is 0 Å². The summed E-state index contributed by atoms with van der Waals surface area (Å²) in [6.07, 6.45) is 0. The molecule has 0 bridgehead atoms. The molecule has 0 amide bonds. The quantitative estimate of drug-likeness (QED) is 0.740. The second kappa shape index (κ2) is 5.33. The monoisotopic (exact) mass is 214 g/mol. The summed E-state index contributed by atoms with van der Waals surface area (Å²) in [5.41, 5.74) is 2.29. The van der Waals surface area contributed by atoms with Crippen LogP contribution in [0.1, 0.15) is 0 Å². The van der Waals surface area contributed by atoms with Gasteiger partial charge in [0.15, 0.2) is 0 Å². The molecule has 16 heavy (non-hydrogen) atoms. The number of ether oxygens (including phenoxy) is 1. The summed E-state index contributed by atoms with van der Waals surface area (Å²) in [4.78, 5) is 0. The normalized spacial score (nSPS) is 12.5. The number of benzene rings is 2. The highest BCUT2D eigenvalue weighted by Crippen LogP contribution is 2.20. The summed E-state index contributed by atoms with van der Waals surface area (Å²) >= 11 is 0. The van der Waals surface area contributed by atoms with Gasteiger partial charge in [-0.25, -0.2) is 0 Å². The summed E-state index contributed by atoms with van der Waals surface area (Å²) in [5, 5.41) is 9.10. The van der Waals surface area contributed by atoms with Crippen molar-refractivity contribution in [1.82, 2.24) is 0 Å². The van der Waals surface area contributed by atoms with Gasteiger partial charge in [0.05, 0.1) is 13.2 Å². The molecule has 0 unspecified atom stereocenters. The highest BCUT2D eigenvalue weighted by atomic mass is 16.6. The summed E-state index contributed by atoms with van der Waals surface area (Å²) in [6, 6.07) is 17.3. The van der Waals surface area contributed by atoms with E-state index in [1.807, 2.05) is 42.5 Å². The first-order valence-electron chi connectivity index (χ1n) is 5.28. The Morgan fingerprint density at radius 3 is 1.75 bits per heavy atom. The van der Waals surface area contributed by atoms with E-state index in [0.29, 0.717) is 5.75 Å². The van der Waals surface area contributed by atoms with Gasteiger partial charge in [-0.15, -0.1) is 0 Å². The molecule has 2 heteroatoms. The molecule has 3 rings (SSSR count). The van der Waals surface area contributed by atoms with Crippen LogP contribution in [0, 0.1) is 0 Å². The summed E-state index contributed by atoms with van der Waals surface area (Å²) in [5.74, 6) is 0.305. The third kappa shape index (κ3) is 3.41. The zero-order valence-corrected chi connectivity index (χ0v) is 8.97. The fourth-order valence-electron chi connectivity index (χ4n) is 1.28. The average Bonchev–Trinajstić information content (AvgIpc) is 3.19. The number of phenolic OH excluding ortho intramolecular Hbond substituents is 1. The first-order chi connectivity index (χ1) is 7.86. The molecule has 1 heterocycles. The van der Waals surface area contributed by atoms with Crippen LogP contribution in [0.2, 0.25) is 0 Å². The lowest BCUT2D eigenvalue weighted by molar-refractivity contribution is 0.475. The second-order valence-electron chi connectivity index (χ2n) is 3.53. The molecule has 82 valence electrons. The Labute approximate surface area is 95.1 Å². The fourth-order valence-corrected chi connectivity index (χ4v) is 1.28. The maximum Gasteiger partial charge on any atom is 0.115 e. The molecule has 1 aliphatic heterocycles. The highest BCUT2D eigenvalue weighted by Gasteiger charge is 1.95. The first kappa shape index (κ1) is 10.7. The molecule has 0 aromatic heterocycles. The second-order valence-corrected chi connectivity index (χ2v) is 3.53. The maximum atomic E-state index is 9.10. The lowest BCUT2D eigenvalue weighted by Gasteiger charge is -2.00. The molecule has 1 saturated heterocycles. The largest absolute Gasteiger partial charge is 0.508 e. The van der Waals surface area contributed by atoms with Gasteiger partial charge in [0.25, 0.3) is 0 Å². The third-order valence-electron chi connectivity index (χ3n) is 2.18. The minimum absolute atomic E-state index is 0.305. The minimum atomic E-state index is 0.305. The van der Waals surface area contributed by atoms with E-state index in [1.54, 1.807) is 12.1 Å². The topological polar surface area (TPSA) is 32.8 Å². The molecule has 0 atom stereocenters. The van der Waals surface area contributed by atoms with Crippen molar-refractivity contribution in [3.05, 3.63) is 54.6 Å². The predicted molar refractivity (Wildman–Crippen MR) is 64.4 cm³/mol. The van der Waals surface area contributed by atoms with Crippen molar-refractivity contribution in [3.63, 3.8) is 0 Å². The molecule has 0 aliphatic carbocycles. The van der Waals surface area contributed by atoms with Crippen LogP contribution in [-0.2, 0) is 4.74 Å². The van der Waals surface area contributed by atoms with Gasteiger partial charge in [-0.3, -0.25) is 0 Å². The van der Waals surface area contributed by atoms with Gasteiger partial charge >= 0.3 is 0 Å². The van der Waals surface area contributed by atoms with Crippen LogP contribution in [0.25, 0.3) is 11.1 Å². The molecule has 1 aliphatic rings. The Balaban J connectivity index is 0.000000278. The number of hydrogen-bond acceptors (Lipinski definition) is 2. The van der Waals surface area contributed by atoms with E-state index in [2.05, 4.69) is 4.74 Å². The minimum Gasteiger partial charge on any atom is -0.508 e. The van der Waals surface area contributed by atoms with Crippen LogP contribution in [0.15, 0.2) is 54.6 Å². The lowest BCUT2D eigenvalue weighted by atomic mass is 10.1. The average molecular weight is 214 g/mol. The number of aromatic hydroxyl groups is 1. The molecule has 1 N–H and O–H groups in total. The summed E-state index contributed by atoms with van der Waals surface area (Å²) in [6.45, 7) is 2.00. The smallest absolute Gasteiger partial charge is 0.115 e. The van der Waals surface area contributed by atoms with Crippen molar-refractivity contribution in [2.24, 2.45) is 0 Å². The molecular formula is C14H14O2. The Morgan fingerprint density at radius 2 is 1.25 bits per heavy atom. The predicted octanol–water partition coefficient (Wildman–Crippen LogP) is 3.08. The van der Waals surface area contributed by atoms with Crippen LogP contribution >= 0.6 is 0 Å². The summed E-state index contributed by atoms with van der Waals surface area (Å²) in [7, 11) is 0. The number of phenols is 1. The Bertz CT molecular complexity index is 415. The van der Waals surface area contributed by atoms with E-state index in [-0.39, 0.29) is 0 Å². The zero-order valence-electron chi connectivity index (χ0n) is 8.97. The van der Waals surface area contributed by atoms with Crippen LogP contribution in [-0.4, -0.2) is 18.3 Å². The fraction of sp³-hybridized carbons (Fsp3) is 0.143. The van der Waals surface area contributed by atoms with Crippen molar-refractivity contribution >= 4 is 0 Å². The van der Waals surface area contributed by atoms with Crippen molar-refractivity contribution in [2.45, 2.75) is 0 Å². The number of hydrogen-bond donors (Lipinski definition) is 1. The molecule has 2 aromatic rings. The molecule has 2 nitrogen and oxygen atoms in total. The number of epoxide rings is 1. The Morgan fingerprint density at radius 1 is 0.750 bits per heavy atom. The van der Waals surface area contributed by atoms with E-state index in [1.165, 1.54) is 5.56 Å². The molecule has 0 radical (unpaired) electrons. The van der Waals surface area contributed by atoms with Crippen LogP contribution in [0.4, 0.5) is 0 Å². The molecule has 0 spiro atoms. The van der Waals surface area contributed by atoms with Gasteiger partial charge in [-0.1, -0.05) is 42.5 Å². The van der Waals surface area contributed by atoms with E-state index in [9.17, 15) is 0 Å². The van der Waals surface area contributed by atoms with Gasteiger partial charge in [-0.2, -0.15) is 0 Å². The third-order valence-corrected chi connectivity index (χ3v) is 2.18. The van der Waals surface area contributed by atoms with Gasteiger partial charge in [-0.05, 0) is 23.3 Å². The number of rotatable bonds is 1. The highest BCUT2D eigenvalue weighted by molar-refractivity contribution is 5.63. The molecule has 1 fully saturated rings. The van der Waals surface area contributed by atoms with Crippen molar-refractivity contribution in [3.8, 4) is 16.9 Å². The van der Waals surface area contributed by atoms with Gasteiger partial charge in [0.1, 0.15) is 5.75 Å².